The Morgan fingerprint density at radius 3 is 2.16 bits per heavy atom. The van der Waals surface area contributed by atoms with E-state index in [-0.39, 0.29) is 16.9 Å². The van der Waals surface area contributed by atoms with E-state index in [1.165, 1.54) is 24.3 Å². The van der Waals surface area contributed by atoms with Gasteiger partial charge in [0.2, 0.25) is 11.8 Å². The minimum atomic E-state index is -3.95. The number of benzene rings is 2. The Morgan fingerprint density at radius 1 is 1.00 bits per heavy atom. The van der Waals surface area contributed by atoms with Crippen molar-refractivity contribution >= 4 is 21.8 Å². The molecule has 132 valence electrons. The van der Waals surface area contributed by atoms with Gasteiger partial charge in [0.25, 0.3) is 10.0 Å². The lowest BCUT2D eigenvalue weighted by Crippen LogP contribution is -2.30. The first-order valence-electron chi connectivity index (χ1n) is 7.79. The van der Waals surface area contributed by atoms with Crippen LogP contribution in [0.1, 0.15) is 34.3 Å². The van der Waals surface area contributed by atoms with Gasteiger partial charge in [-0.25, -0.2) is 13.1 Å². The van der Waals surface area contributed by atoms with Crippen molar-refractivity contribution in [3.05, 3.63) is 65.2 Å². The summed E-state index contributed by atoms with van der Waals surface area (Å²) in [7, 11) is -3.95. The lowest BCUT2D eigenvalue weighted by Gasteiger charge is -2.07. The quantitative estimate of drug-likeness (QED) is 0.786. The van der Waals surface area contributed by atoms with Crippen LogP contribution in [0.2, 0.25) is 0 Å². The van der Waals surface area contributed by atoms with E-state index in [0.717, 1.165) is 11.1 Å². The van der Waals surface area contributed by atoms with Crippen molar-refractivity contribution in [1.29, 1.82) is 0 Å². The monoisotopic (exact) mass is 360 g/mol. The lowest BCUT2D eigenvalue weighted by molar-refractivity contribution is -0.119. The Bertz CT molecular complexity index is 857. The third kappa shape index (κ3) is 5.42. The first-order chi connectivity index (χ1) is 11.8. The molecule has 0 aliphatic heterocycles. The van der Waals surface area contributed by atoms with Crippen molar-refractivity contribution in [3.8, 4) is 0 Å². The van der Waals surface area contributed by atoms with Crippen LogP contribution in [-0.2, 0) is 21.2 Å². The van der Waals surface area contributed by atoms with Crippen LogP contribution in [0.5, 0.6) is 0 Å². The van der Waals surface area contributed by atoms with Crippen LogP contribution in [0.4, 0.5) is 0 Å². The van der Waals surface area contributed by atoms with Gasteiger partial charge in [-0.1, -0.05) is 29.8 Å². The number of amides is 2. The molecule has 0 aromatic heterocycles. The SMILES string of the molecule is Cc1ccc(CCCC(=O)NS(=O)(=O)c2ccc(C(N)=O)cc2)cc1. The van der Waals surface area contributed by atoms with E-state index in [1.807, 2.05) is 35.9 Å². The van der Waals surface area contributed by atoms with E-state index in [2.05, 4.69) is 0 Å². The summed E-state index contributed by atoms with van der Waals surface area (Å²) in [4.78, 5) is 22.8. The van der Waals surface area contributed by atoms with Gasteiger partial charge in [0.05, 0.1) is 4.90 Å². The van der Waals surface area contributed by atoms with E-state index in [9.17, 15) is 18.0 Å². The normalized spacial score (nSPS) is 11.1. The molecule has 0 radical (unpaired) electrons. The van der Waals surface area contributed by atoms with E-state index in [0.29, 0.717) is 12.8 Å². The van der Waals surface area contributed by atoms with Crippen molar-refractivity contribution in [1.82, 2.24) is 4.72 Å². The van der Waals surface area contributed by atoms with Gasteiger partial charge < -0.3 is 5.73 Å². The largest absolute Gasteiger partial charge is 0.366 e. The van der Waals surface area contributed by atoms with E-state index in [4.69, 9.17) is 5.73 Å². The van der Waals surface area contributed by atoms with E-state index >= 15 is 0 Å². The van der Waals surface area contributed by atoms with Crippen LogP contribution < -0.4 is 10.5 Å². The molecule has 0 atom stereocenters. The molecule has 6 nitrogen and oxygen atoms in total. The van der Waals surface area contributed by atoms with Crippen LogP contribution in [0.25, 0.3) is 0 Å². The molecule has 0 heterocycles. The van der Waals surface area contributed by atoms with Crippen LogP contribution in [0.3, 0.4) is 0 Å². The number of primary amides is 1. The number of nitrogens with two attached hydrogens (primary N) is 1. The Labute approximate surface area is 147 Å². The summed E-state index contributed by atoms with van der Waals surface area (Å²) < 4.78 is 26.3. The maximum Gasteiger partial charge on any atom is 0.264 e. The summed E-state index contributed by atoms with van der Waals surface area (Å²) >= 11 is 0. The van der Waals surface area contributed by atoms with Crippen LogP contribution in [-0.4, -0.2) is 20.2 Å². The molecule has 3 N–H and O–H groups in total. The molecule has 0 saturated carbocycles. The molecule has 2 rings (SSSR count). The lowest BCUT2D eigenvalue weighted by atomic mass is 10.1. The van der Waals surface area contributed by atoms with Crippen molar-refractivity contribution < 1.29 is 18.0 Å². The highest BCUT2D eigenvalue weighted by atomic mass is 32.2. The van der Waals surface area contributed by atoms with Crippen LogP contribution in [0, 0.1) is 6.92 Å². The summed E-state index contributed by atoms with van der Waals surface area (Å²) in [6, 6.07) is 13.1. The second kappa shape index (κ2) is 7.94. The number of carbonyl (C=O) groups is 2. The molecule has 0 bridgehead atoms. The predicted octanol–water partition coefficient (Wildman–Crippen LogP) is 1.92. The van der Waals surface area contributed by atoms with Gasteiger partial charge in [-0.2, -0.15) is 0 Å². The molecule has 0 spiro atoms. The molecule has 2 aromatic carbocycles. The average Bonchev–Trinajstić information content (AvgIpc) is 2.56. The maximum atomic E-state index is 12.1. The third-order valence-electron chi connectivity index (χ3n) is 3.69. The molecular formula is C18H20N2O4S. The Kier molecular flexibility index (Phi) is 5.93. The first-order valence-corrected chi connectivity index (χ1v) is 9.27. The molecule has 7 heteroatoms. The van der Waals surface area contributed by atoms with Crippen molar-refractivity contribution in [2.45, 2.75) is 31.1 Å². The molecule has 2 aromatic rings. The summed E-state index contributed by atoms with van der Waals surface area (Å²) in [5.74, 6) is -1.21. The third-order valence-corrected chi connectivity index (χ3v) is 5.08. The van der Waals surface area contributed by atoms with Crippen molar-refractivity contribution in [3.63, 3.8) is 0 Å². The second-order valence-electron chi connectivity index (χ2n) is 5.76. The highest BCUT2D eigenvalue weighted by Crippen LogP contribution is 2.11. The molecule has 0 saturated heterocycles. The van der Waals surface area contributed by atoms with Crippen LogP contribution in [0.15, 0.2) is 53.4 Å². The molecule has 0 aliphatic rings. The molecule has 25 heavy (non-hydrogen) atoms. The maximum absolute atomic E-state index is 12.1. The van der Waals surface area contributed by atoms with Gasteiger partial charge in [0.1, 0.15) is 0 Å². The summed E-state index contributed by atoms with van der Waals surface area (Å²) in [6.45, 7) is 2.00. The molecular weight excluding hydrogens is 340 g/mol. The van der Waals surface area contributed by atoms with Gasteiger partial charge in [-0.3, -0.25) is 9.59 Å². The highest BCUT2D eigenvalue weighted by molar-refractivity contribution is 7.90. The Balaban J connectivity index is 1.89. The number of hydrogen-bond donors (Lipinski definition) is 2. The topological polar surface area (TPSA) is 106 Å². The zero-order valence-corrected chi connectivity index (χ0v) is 14.7. The number of sulfonamides is 1. The fourth-order valence-electron chi connectivity index (χ4n) is 2.27. The number of hydrogen-bond acceptors (Lipinski definition) is 4. The smallest absolute Gasteiger partial charge is 0.264 e. The molecule has 0 unspecified atom stereocenters. The van der Waals surface area contributed by atoms with Gasteiger partial charge in [-0.15, -0.1) is 0 Å². The average molecular weight is 360 g/mol. The molecule has 0 fully saturated rings. The summed E-state index contributed by atoms with van der Waals surface area (Å²) in [5, 5.41) is 0. The number of aryl methyl sites for hydroxylation is 2. The van der Waals surface area contributed by atoms with E-state index < -0.39 is 21.8 Å². The fraction of sp³-hybridized carbons (Fsp3) is 0.222. The molecule has 2 amide bonds. The van der Waals surface area contributed by atoms with Gasteiger partial charge >= 0.3 is 0 Å². The van der Waals surface area contributed by atoms with Crippen molar-refractivity contribution in [2.75, 3.05) is 0 Å². The van der Waals surface area contributed by atoms with Gasteiger partial charge in [0.15, 0.2) is 0 Å². The van der Waals surface area contributed by atoms with Crippen LogP contribution >= 0.6 is 0 Å². The van der Waals surface area contributed by atoms with Gasteiger partial charge in [0, 0.05) is 12.0 Å². The fourth-order valence-corrected chi connectivity index (χ4v) is 3.28. The van der Waals surface area contributed by atoms with E-state index in [1.54, 1.807) is 0 Å². The Hall–Kier alpha value is -2.67. The summed E-state index contributed by atoms with van der Waals surface area (Å²) in [6.07, 6.45) is 1.35. The predicted molar refractivity (Wildman–Crippen MR) is 94.4 cm³/mol. The first kappa shape index (κ1) is 18.7. The minimum absolute atomic E-state index is 0.0932. The second-order valence-corrected chi connectivity index (χ2v) is 7.44. The van der Waals surface area contributed by atoms with Crippen molar-refractivity contribution in [2.24, 2.45) is 5.73 Å². The number of nitrogens with one attached hydrogen (secondary N) is 1. The Morgan fingerprint density at radius 2 is 1.60 bits per heavy atom. The van der Waals surface area contributed by atoms with Gasteiger partial charge in [-0.05, 0) is 49.6 Å². The summed E-state index contributed by atoms with van der Waals surface area (Å²) in [5.41, 5.74) is 7.57. The highest BCUT2D eigenvalue weighted by Gasteiger charge is 2.17. The minimum Gasteiger partial charge on any atom is -0.366 e. The zero-order valence-electron chi connectivity index (χ0n) is 13.9. The number of carbonyl (C=O) groups excluding carboxylic acids is 2. The zero-order chi connectivity index (χ0) is 18.4. The standard InChI is InChI=1S/C18H20N2O4S/c1-13-5-7-14(8-6-13)3-2-4-17(21)20-25(23,24)16-11-9-15(10-12-16)18(19)22/h5-12H,2-4H2,1H3,(H2,19,22)(H,20,21). The number of rotatable bonds is 7. The molecule has 0 aliphatic carbocycles.